The average Bonchev–Trinajstić information content (AvgIpc) is 3.00. The number of ether oxygens (including phenoxy) is 2. The van der Waals surface area contributed by atoms with Crippen LogP contribution in [0.3, 0.4) is 0 Å². The fourth-order valence-corrected chi connectivity index (χ4v) is 3.71. The van der Waals surface area contributed by atoms with Crippen molar-refractivity contribution in [2.24, 2.45) is 0 Å². The number of halogens is 2. The zero-order chi connectivity index (χ0) is 18.8. The van der Waals surface area contributed by atoms with Crippen molar-refractivity contribution < 1.29 is 22.8 Å². The summed E-state index contributed by atoms with van der Waals surface area (Å²) < 4.78 is 47.7. The van der Waals surface area contributed by atoms with Gasteiger partial charge in [0.25, 0.3) is 0 Å². The van der Waals surface area contributed by atoms with Crippen molar-refractivity contribution in [2.75, 3.05) is 7.11 Å². The van der Waals surface area contributed by atoms with Gasteiger partial charge in [-0.15, -0.1) is 0 Å². The predicted octanol–water partition coefficient (Wildman–Crippen LogP) is 3.49. The Kier molecular flexibility index (Phi) is 5.28. The third-order valence-corrected chi connectivity index (χ3v) is 5.01. The third-order valence-electron chi connectivity index (χ3n) is 3.85. The number of aromatic amines is 1. The largest absolute Gasteiger partial charge is 0.609 e. The summed E-state index contributed by atoms with van der Waals surface area (Å²) >= 11 is -1.54. The van der Waals surface area contributed by atoms with Crippen LogP contribution >= 0.6 is 0 Å². The van der Waals surface area contributed by atoms with Gasteiger partial charge in [0.1, 0.15) is 11.3 Å². The van der Waals surface area contributed by atoms with Crippen LogP contribution in [0.25, 0.3) is 11.0 Å². The van der Waals surface area contributed by atoms with Gasteiger partial charge in [-0.25, -0.2) is 0 Å². The third kappa shape index (κ3) is 3.73. The lowest BCUT2D eigenvalue weighted by molar-refractivity contribution is -0.0489. The Hall–Kier alpha value is -2.39. The normalized spacial score (nSPS) is 12.6. The van der Waals surface area contributed by atoms with Gasteiger partial charge in [0, 0.05) is 22.9 Å². The van der Waals surface area contributed by atoms with Gasteiger partial charge in [0.05, 0.1) is 18.3 Å². The van der Waals surface area contributed by atoms with E-state index in [1.54, 1.807) is 32.4 Å². The van der Waals surface area contributed by atoms with Crippen molar-refractivity contribution in [2.45, 2.75) is 31.4 Å². The number of alkyl halides is 2. The van der Waals surface area contributed by atoms with E-state index in [1.807, 2.05) is 6.92 Å². The molecule has 0 amide bonds. The summed E-state index contributed by atoms with van der Waals surface area (Å²) in [6, 6.07) is 4.92. The van der Waals surface area contributed by atoms with Gasteiger partial charge in [0.2, 0.25) is 0 Å². The molecule has 138 valence electrons. The van der Waals surface area contributed by atoms with E-state index in [2.05, 4.69) is 19.7 Å². The molecule has 2 aromatic heterocycles. The molecule has 1 unspecified atom stereocenters. The molecule has 0 aliphatic carbocycles. The second kappa shape index (κ2) is 7.46. The number of H-pyrrole nitrogens is 1. The van der Waals surface area contributed by atoms with Crippen LogP contribution in [0.5, 0.6) is 11.5 Å². The van der Waals surface area contributed by atoms with Gasteiger partial charge in [-0.3, -0.25) is 9.97 Å². The fraction of sp³-hybridized carbons (Fsp3) is 0.294. The van der Waals surface area contributed by atoms with E-state index < -0.39 is 17.8 Å². The summed E-state index contributed by atoms with van der Waals surface area (Å²) in [5.41, 5.74) is 2.83. The molecule has 0 saturated carbocycles. The first-order valence-corrected chi connectivity index (χ1v) is 9.03. The standard InChI is InChI=1S/C17H17F2N3O3S/c1-9-6-11-15(14(7-9)25-16(18)19)22-17(21-11)26(23)8-12-10(2)13(24-3)4-5-20-12/h4-7,16H,8H2,1-3H3,(H,21,22). The van der Waals surface area contributed by atoms with Gasteiger partial charge in [-0.2, -0.15) is 13.8 Å². The first-order chi connectivity index (χ1) is 12.4. The number of hydrogen-bond donors (Lipinski definition) is 1. The maximum atomic E-state index is 12.7. The molecule has 26 heavy (non-hydrogen) atoms. The van der Waals surface area contributed by atoms with Gasteiger partial charge in [0.15, 0.2) is 11.5 Å². The summed E-state index contributed by atoms with van der Waals surface area (Å²) in [4.78, 5) is 11.4. The molecule has 1 atom stereocenters. The number of aryl methyl sites for hydroxylation is 1. The molecule has 3 rings (SSSR count). The number of imidazole rings is 1. The Labute approximate surface area is 151 Å². The van der Waals surface area contributed by atoms with Crippen LogP contribution in [0.4, 0.5) is 8.78 Å². The first kappa shape index (κ1) is 18.4. The highest BCUT2D eigenvalue weighted by molar-refractivity contribution is 7.90. The molecule has 0 bridgehead atoms. The number of nitrogens with zero attached hydrogens (tertiary/aromatic N) is 2. The topological polar surface area (TPSA) is 83.1 Å². The van der Waals surface area contributed by atoms with E-state index in [-0.39, 0.29) is 22.2 Å². The lowest BCUT2D eigenvalue weighted by Gasteiger charge is -2.10. The Morgan fingerprint density at radius 1 is 1.27 bits per heavy atom. The van der Waals surface area contributed by atoms with E-state index in [0.29, 0.717) is 17.0 Å². The SMILES string of the molecule is COc1ccnc(C[S+]([O-])c2nc3c(OC(F)F)cc(C)cc3[nH]2)c1C. The Morgan fingerprint density at radius 2 is 2.04 bits per heavy atom. The van der Waals surface area contributed by atoms with Crippen LogP contribution in [0.15, 0.2) is 29.6 Å². The first-order valence-electron chi connectivity index (χ1n) is 7.71. The summed E-state index contributed by atoms with van der Waals surface area (Å²) in [6.07, 6.45) is 1.58. The van der Waals surface area contributed by atoms with E-state index >= 15 is 0 Å². The van der Waals surface area contributed by atoms with Crippen molar-refractivity contribution in [3.05, 3.63) is 41.2 Å². The van der Waals surface area contributed by atoms with Crippen LogP contribution in [0.2, 0.25) is 0 Å². The van der Waals surface area contributed by atoms with Crippen LogP contribution < -0.4 is 9.47 Å². The van der Waals surface area contributed by atoms with Gasteiger partial charge >= 0.3 is 11.8 Å². The second-order valence-corrected chi connectivity index (χ2v) is 7.02. The maximum absolute atomic E-state index is 12.7. The lowest BCUT2D eigenvalue weighted by Crippen LogP contribution is -2.10. The van der Waals surface area contributed by atoms with Crippen molar-refractivity contribution >= 4 is 22.2 Å². The molecule has 3 aromatic rings. The monoisotopic (exact) mass is 381 g/mol. The van der Waals surface area contributed by atoms with E-state index in [9.17, 15) is 13.3 Å². The number of methoxy groups -OCH3 is 1. The van der Waals surface area contributed by atoms with Crippen LogP contribution in [-0.4, -0.2) is 33.2 Å². The number of benzene rings is 1. The molecule has 0 aliphatic heterocycles. The summed E-state index contributed by atoms with van der Waals surface area (Å²) in [5.74, 6) is 0.720. The zero-order valence-electron chi connectivity index (χ0n) is 14.4. The second-order valence-electron chi connectivity index (χ2n) is 5.65. The Bertz CT molecular complexity index is 933. The molecule has 1 N–H and O–H groups in total. The molecular formula is C17H17F2N3O3S. The average molecular weight is 381 g/mol. The number of rotatable bonds is 6. The van der Waals surface area contributed by atoms with Crippen molar-refractivity contribution in [3.63, 3.8) is 0 Å². The highest BCUT2D eigenvalue weighted by Gasteiger charge is 2.22. The molecule has 9 heteroatoms. The molecule has 2 heterocycles. The molecule has 0 spiro atoms. The highest BCUT2D eigenvalue weighted by atomic mass is 32.2. The van der Waals surface area contributed by atoms with E-state index in [4.69, 9.17) is 4.74 Å². The Morgan fingerprint density at radius 3 is 2.73 bits per heavy atom. The quantitative estimate of drug-likeness (QED) is 0.661. The van der Waals surface area contributed by atoms with Crippen molar-refractivity contribution in [3.8, 4) is 11.5 Å². The number of fused-ring (bicyclic) bond motifs is 1. The summed E-state index contributed by atoms with van der Waals surface area (Å²) in [7, 11) is 1.55. The minimum Gasteiger partial charge on any atom is -0.609 e. The fourth-order valence-electron chi connectivity index (χ4n) is 2.61. The van der Waals surface area contributed by atoms with E-state index in [0.717, 1.165) is 11.1 Å². The maximum Gasteiger partial charge on any atom is 0.387 e. The van der Waals surface area contributed by atoms with Crippen molar-refractivity contribution in [1.29, 1.82) is 0 Å². The van der Waals surface area contributed by atoms with Crippen molar-refractivity contribution in [1.82, 2.24) is 15.0 Å². The summed E-state index contributed by atoms with van der Waals surface area (Å²) in [6.45, 7) is 0.613. The summed E-state index contributed by atoms with van der Waals surface area (Å²) in [5, 5.41) is 0.175. The van der Waals surface area contributed by atoms with Gasteiger partial charge < -0.3 is 14.0 Å². The van der Waals surface area contributed by atoms with Crippen LogP contribution in [0.1, 0.15) is 16.8 Å². The number of hydrogen-bond acceptors (Lipinski definition) is 5. The molecule has 0 saturated heterocycles. The lowest BCUT2D eigenvalue weighted by atomic mass is 10.2. The van der Waals surface area contributed by atoms with Gasteiger partial charge in [-0.1, -0.05) is 0 Å². The molecule has 6 nitrogen and oxygen atoms in total. The molecule has 0 radical (unpaired) electrons. The number of nitrogens with one attached hydrogen (secondary N) is 1. The van der Waals surface area contributed by atoms with Gasteiger partial charge in [-0.05, 0) is 37.6 Å². The minimum atomic E-state index is -2.96. The predicted molar refractivity (Wildman–Crippen MR) is 93.1 cm³/mol. The Balaban J connectivity index is 1.93. The minimum absolute atomic E-state index is 0.0508. The highest BCUT2D eigenvalue weighted by Crippen LogP contribution is 2.29. The molecule has 1 aromatic carbocycles. The molecule has 0 fully saturated rings. The van der Waals surface area contributed by atoms with Crippen LogP contribution in [0, 0.1) is 13.8 Å². The number of pyridine rings is 1. The van der Waals surface area contributed by atoms with Crippen LogP contribution in [-0.2, 0) is 16.9 Å². The van der Waals surface area contributed by atoms with E-state index in [1.165, 1.54) is 6.07 Å². The molecular weight excluding hydrogens is 364 g/mol. The smallest absolute Gasteiger partial charge is 0.387 e. The molecule has 0 aliphatic rings. The number of aromatic nitrogens is 3. The zero-order valence-corrected chi connectivity index (χ0v) is 15.2.